The van der Waals surface area contributed by atoms with Crippen LogP contribution in [0, 0.1) is 20.8 Å². The molecular formula is C14H20O2S. The lowest BCUT2D eigenvalue weighted by molar-refractivity contribution is 0.102. The fourth-order valence-corrected chi connectivity index (χ4v) is 2.38. The Balaban J connectivity index is 2.97. The lowest BCUT2D eigenvalue weighted by atomic mass is 9.99. The van der Waals surface area contributed by atoms with E-state index in [1.165, 1.54) is 5.56 Å². The van der Waals surface area contributed by atoms with Crippen LogP contribution in [-0.2, 0) is 10.8 Å². The topological polar surface area (TPSA) is 34.1 Å². The maximum Gasteiger partial charge on any atom is 0.175 e. The largest absolute Gasteiger partial charge is 0.293 e. The number of Topliss-reactive ketones (excluding diaryl/α,β-unsaturated/α-hetero) is 1. The Hall–Kier alpha value is -0.960. The lowest BCUT2D eigenvalue weighted by Gasteiger charge is -2.10. The van der Waals surface area contributed by atoms with Crippen LogP contribution in [0.15, 0.2) is 12.1 Å². The van der Waals surface area contributed by atoms with Crippen LogP contribution >= 0.6 is 0 Å². The first-order chi connectivity index (χ1) is 7.82. The molecule has 0 saturated carbocycles. The Bertz CT molecular complexity index is 462. The smallest absolute Gasteiger partial charge is 0.175 e. The highest BCUT2D eigenvalue weighted by atomic mass is 32.2. The molecule has 1 aromatic rings. The number of carbonyl (C=O) groups excluding carboxylic acids is 1. The van der Waals surface area contributed by atoms with Gasteiger partial charge >= 0.3 is 0 Å². The molecule has 0 aliphatic rings. The van der Waals surface area contributed by atoms with Crippen molar-refractivity contribution in [2.75, 3.05) is 5.75 Å². The number of ketones is 1. The minimum absolute atomic E-state index is 0.0161. The minimum atomic E-state index is -1.07. The number of carbonyl (C=O) groups is 1. The van der Waals surface area contributed by atoms with Gasteiger partial charge < -0.3 is 0 Å². The molecule has 0 fully saturated rings. The van der Waals surface area contributed by atoms with Crippen molar-refractivity contribution < 1.29 is 9.00 Å². The third-order valence-electron chi connectivity index (χ3n) is 2.94. The highest BCUT2D eigenvalue weighted by molar-refractivity contribution is 7.86. The summed E-state index contributed by atoms with van der Waals surface area (Å²) in [6.07, 6.45) is 0. The second-order valence-corrected chi connectivity index (χ2v) is 6.74. The van der Waals surface area contributed by atoms with Crippen LogP contribution in [0.1, 0.15) is 40.9 Å². The second-order valence-electron chi connectivity index (χ2n) is 4.75. The average Bonchev–Trinajstić information content (AvgIpc) is 2.22. The van der Waals surface area contributed by atoms with Gasteiger partial charge in [-0.15, -0.1) is 0 Å². The SMILES string of the molecule is Cc1cc(C)c(C(=O)CS(=O)C(C)C)cc1C. The molecule has 3 heteroatoms. The molecule has 0 bridgehead atoms. The van der Waals surface area contributed by atoms with Gasteiger partial charge in [0.1, 0.15) is 0 Å². The fourth-order valence-electron chi connectivity index (χ4n) is 1.63. The van der Waals surface area contributed by atoms with Gasteiger partial charge in [0.2, 0.25) is 0 Å². The zero-order chi connectivity index (χ0) is 13.2. The molecule has 0 heterocycles. The zero-order valence-electron chi connectivity index (χ0n) is 11.2. The van der Waals surface area contributed by atoms with Crippen molar-refractivity contribution in [3.63, 3.8) is 0 Å². The summed E-state index contributed by atoms with van der Waals surface area (Å²) in [5, 5.41) is 0.0331. The molecule has 94 valence electrons. The minimum Gasteiger partial charge on any atom is -0.293 e. The molecule has 0 radical (unpaired) electrons. The third kappa shape index (κ3) is 3.50. The van der Waals surface area contributed by atoms with Crippen LogP contribution in [-0.4, -0.2) is 21.0 Å². The molecule has 0 spiro atoms. The van der Waals surface area contributed by atoms with E-state index in [4.69, 9.17) is 0 Å². The number of hydrogen-bond donors (Lipinski definition) is 0. The van der Waals surface area contributed by atoms with Crippen LogP contribution < -0.4 is 0 Å². The monoisotopic (exact) mass is 252 g/mol. The van der Waals surface area contributed by atoms with E-state index in [-0.39, 0.29) is 16.8 Å². The van der Waals surface area contributed by atoms with Crippen molar-refractivity contribution in [2.45, 2.75) is 39.9 Å². The molecule has 0 saturated heterocycles. The first-order valence-corrected chi connectivity index (χ1v) is 7.19. The predicted octanol–water partition coefficient (Wildman–Crippen LogP) is 2.95. The molecule has 1 unspecified atom stereocenters. The summed E-state index contributed by atoms with van der Waals surface area (Å²) in [5.41, 5.74) is 3.97. The summed E-state index contributed by atoms with van der Waals surface area (Å²) in [7, 11) is -1.07. The Morgan fingerprint density at radius 3 is 2.18 bits per heavy atom. The molecule has 0 N–H and O–H groups in total. The van der Waals surface area contributed by atoms with Gasteiger partial charge in [-0.25, -0.2) is 0 Å². The molecule has 17 heavy (non-hydrogen) atoms. The van der Waals surface area contributed by atoms with E-state index in [1.807, 2.05) is 46.8 Å². The summed E-state index contributed by atoms with van der Waals surface area (Å²) < 4.78 is 11.7. The van der Waals surface area contributed by atoms with Crippen LogP contribution in [0.5, 0.6) is 0 Å². The van der Waals surface area contributed by atoms with Gasteiger partial charge in [-0.3, -0.25) is 9.00 Å². The van der Waals surface area contributed by atoms with Gasteiger partial charge in [-0.2, -0.15) is 0 Å². The van der Waals surface area contributed by atoms with E-state index in [0.29, 0.717) is 5.56 Å². The van der Waals surface area contributed by atoms with Gasteiger partial charge in [-0.1, -0.05) is 19.9 Å². The lowest BCUT2D eigenvalue weighted by Crippen LogP contribution is -2.18. The molecule has 0 aliphatic heterocycles. The van der Waals surface area contributed by atoms with E-state index in [2.05, 4.69) is 0 Å². The van der Waals surface area contributed by atoms with E-state index < -0.39 is 10.8 Å². The quantitative estimate of drug-likeness (QED) is 0.772. The molecule has 0 aliphatic carbocycles. The van der Waals surface area contributed by atoms with E-state index in [9.17, 15) is 9.00 Å². The average molecular weight is 252 g/mol. The second kappa shape index (κ2) is 5.58. The van der Waals surface area contributed by atoms with E-state index in [0.717, 1.165) is 11.1 Å². The van der Waals surface area contributed by atoms with Crippen molar-refractivity contribution in [3.8, 4) is 0 Å². The normalized spacial score (nSPS) is 12.8. The van der Waals surface area contributed by atoms with Crippen LogP contribution in [0.4, 0.5) is 0 Å². The van der Waals surface area contributed by atoms with E-state index in [1.54, 1.807) is 0 Å². The van der Waals surface area contributed by atoms with Gasteiger partial charge in [-0.05, 0) is 43.5 Å². The molecular weight excluding hydrogens is 232 g/mol. The van der Waals surface area contributed by atoms with Crippen molar-refractivity contribution in [1.82, 2.24) is 0 Å². The summed E-state index contributed by atoms with van der Waals surface area (Å²) in [5.74, 6) is 0.110. The molecule has 2 nitrogen and oxygen atoms in total. The Morgan fingerprint density at radius 1 is 1.12 bits per heavy atom. The Labute approximate surface area is 106 Å². The molecule has 1 rings (SSSR count). The number of aryl methyl sites for hydroxylation is 3. The summed E-state index contributed by atoms with van der Waals surface area (Å²) in [6.45, 7) is 9.69. The first-order valence-electron chi connectivity index (χ1n) is 5.81. The van der Waals surface area contributed by atoms with Gasteiger partial charge in [0, 0.05) is 21.6 Å². The zero-order valence-corrected chi connectivity index (χ0v) is 12.0. The molecule has 0 aromatic heterocycles. The van der Waals surface area contributed by atoms with Crippen LogP contribution in [0.25, 0.3) is 0 Å². The van der Waals surface area contributed by atoms with Crippen LogP contribution in [0.2, 0.25) is 0 Å². The van der Waals surface area contributed by atoms with E-state index >= 15 is 0 Å². The van der Waals surface area contributed by atoms with Crippen molar-refractivity contribution in [2.24, 2.45) is 0 Å². The maximum atomic E-state index is 12.1. The number of benzene rings is 1. The first kappa shape index (κ1) is 14.1. The molecule has 1 aromatic carbocycles. The third-order valence-corrected chi connectivity index (χ3v) is 4.54. The summed E-state index contributed by atoms with van der Waals surface area (Å²) in [6, 6.07) is 3.92. The van der Waals surface area contributed by atoms with Crippen LogP contribution in [0.3, 0.4) is 0 Å². The van der Waals surface area contributed by atoms with Gasteiger partial charge in [0.15, 0.2) is 5.78 Å². The standard InChI is InChI=1S/C14H20O2S/c1-9(2)17(16)8-14(15)13-7-11(4)10(3)6-12(13)5/h6-7,9H,8H2,1-5H3. The Morgan fingerprint density at radius 2 is 1.65 bits per heavy atom. The van der Waals surface area contributed by atoms with Crippen molar-refractivity contribution in [1.29, 1.82) is 0 Å². The molecule has 0 amide bonds. The fraction of sp³-hybridized carbons (Fsp3) is 0.500. The van der Waals surface area contributed by atoms with Crippen molar-refractivity contribution in [3.05, 3.63) is 34.4 Å². The maximum absolute atomic E-state index is 12.1. The predicted molar refractivity (Wildman–Crippen MR) is 73.1 cm³/mol. The van der Waals surface area contributed by atoms with Crippen molar-refractivity contribution >= 4 is 16.6 Å². The number of hydrogen-bond acceptors (Lipinski definition) is 2. The number of rotatable bonds is 4. The Kier molecular flexibility index (Phi) is 4.63. The van der Waals surface area contributed by atoms with Gasteiger partial charge in [0.25, 0.3) is 0 Å². The summed E-state index contributed by atoms with van der Waals surface area (Å²) in [4.78, 5) is 12.1. The highest BCUT2D eigenvalue weighted by Gasteiger charge is 2.15. The molecule has 1 atom stereocenters. The highest BCUT2D eigenvalue weighted by Crippen LogP contribution is 2.16. The summed E-state index contributed by atoms with van der Waals surface area (Å²) >= 11 is 0. The van der Waals surface area contributed by atoms with Gasteiger partial charge in [0.05, 0.1) is 5.75 Å².